The van der Waals surface area contributed by atoms with E-state index in [2.05, 4.69) is 17.1 Å². The molecule has 0 saturated carbocycles. The molecule has 1 aliphatic rings. The van der Waals surface area contributed by atoms with Crippen molar-refractivity contribution in [2.75, 3.05) is 19.7 Å². The van der Waals surface area contributed by atoms with Gasteiger partial charge in [-0.25, -0.2) is 0 Å². The van der Waals surface area contributed by atoms with Crippen LogP contribution >= 0.6 is 12.2 Å². The van der Waals surface area contributed by atoms with E-state index in [0.29, 0.717) is 23.0 Å². The van der Waals surface area contributed by atoms with Crippen molar-refractivity contribution in [2.45, 2.75) is 39.0 Å². The molecule has 4 nitrogen and oxygen atoms in total. The lowest BCUT2D eigenvalue weighted by Crippen LogP contribution is -2.45. The Bertz CT molecular complexity index is 513. The van der Waals surface area contributed by atoms with Crippen LogP contribution in [0.1, 0.15) is 49.4 Å². The topological polar surface area (TPSA) is 41.6 Å². The van der Waals surface area contributed by atoms with Gasteiger partial charge in [0.25, 0.3) is 5.91 Å². The summed E-state index contributed by atoms with van der Waals surface area (Å²) in [6.45, 7) is 4.58. The van der Waals surface area contributed by atoms with E-state index in [0.717, 1.165) is 38.8 Å². The molecule has 0 aromatic heterocycles. The molecule has 0 radical (unpaired) electrons. The van der Waals surface area contributed by atoms with Gasteiger partial charge >= 0.3 is 0 Å². The fraction of sp³-hybridized carbons (Fsp3) is 0.529. The highest BCUT2D eigenvalue weighted by Crippen LogP contribution is 2.18. The number of hydrogen-bond donors (Lipinski definition) is 1. The number of unbranched alkanes of at least 4 members (excludes halogenated alkanes) is 1. The number of ether oxygens (including phenoxy) is 1. The van der Waals surface area contributed by atoms with Gasteiger partial charge in [-0.15, -0.1) is 0 Å². The molecule has 2 rings (SSSR count). The number of nitrogens with zero attached hydrogens (tertiary/aromatic N) is 1. The second-order valence-electron chi connectivity index (χ2n) is 5.51. The number of piperidine rings is 1. The fourth-order valence-electron chi connectivity index (χ4n) is 2.45. The van der Waals surface area contributed by atoms with E-state index in [1.165, 1.54) is 6.42 Å². The maximum absolute atomic E-state index is 12.4. The molecule has 1 aromatic carbocycles. The first-order valence-electron chi connectivity index (χ1n) is 8.04. The van der Waals surface area contributed by atoms with Crippen LogP contribution in [0.3, 0.4) is 0 Å². The molecule has 1 saturated heterocycles. The largest absolute Gasteiger partial charge is 0.493 e. The Morgan fingerprint density at radius 1 is 1.27 bits per heavy atom. The summed E-state index contributed by atoms with van der Waals surface area (Å²) < 4.78 is 5.71. The van der Waals surface area contributed by atoms with E-state index in [4.69, 9.17) is 17.0 Å². The molecule has 0 spiro atoms. The average Bonchev–Trinajstić information content (AvgIpc) is 2.56. The summed E-state index contributed by atoms with van der Waals surface area (Å²) >= 11 is 5.35. The van der Waals surface area contributed by atoms with Gasteiger partial charge in [-0.05, 0) is 50.0 Å². The zero-order valence-electron chi connectivity index (χ0n) is 13.1. The van der Waals surface area contributed by atoms with Crippen molar-refractivity contribution in [1.29, 1.82) is 0 Å². The molecule has 1 aromatic rings. The molecule has 22 heavy (non-hydrogen) atoms. The van der Waals surface area contributed by atoms with E-state index < -0.39 is 0 Å². The number of likely N-dealkylation sites (tertiary alicyclic amines) is 1. The molecule has 5 heteroatoms. The molecule has 0 bridgehead atoms. The predicted molar refractivity (Wildman–Crippen MR) is 92.3 cm³/mol. The lowest BCUT2D eigenvalue weighted by molar-refractivity contribution is 0.0968. The van der Waals surface area contributed by atoms with Gasteiger partial charge in [0.15, 0.2) is 5.11 Å². The number of para-hydroxylation sites is 1. The van der Waals surface area contributed by atoms with Gasteiger partial charge < -0.3 is 9.64 Å². The van der Waals surface area contributed by atoms with Gasteiger partial charge in [-0.3, -0.25) is 10.1 Å². The number of benzene rings is 1. The first-order valence-corrected chi connectivity index (χ1v) is 8.45. The predicted octanol–water partition coefficient (Wildman–Crippen LogP) is 3.37. The van der Waals surface area contributed by atoms with Crippen molar-refractivity contribution < 1.29 is 9.53 Å². The van der Waals surface area contributed by atoms with Crippen molar-refractivity contribution in [3.8, 4) is 5.75 Å². The second kappa shape index (κ2) is 8.73. The number of hydrogen-bond acceptors (Lipinski definition) is 3. The summed E-state index contributed by atoms with van der Waals surface area (Å²) in [7, 11) is 0. The number of thiocarbonyl (C=S) groups is 1. The first kappa shape index (κ1) is 16.7. The summed E-state index contributed by atoms with van der Waals surface area (Å²) in [5.41, 5.74) is 0.540. The summed E-state index contributed by atoms with van der Waals surface area (Å²) in [6.07, 6.45) is 5.54. The van der Waals surface area contributed by atoms with E-state index in [-0.39, 0.29) is 5.91 Å². The number of rotatable bonds is 5. The minimum atomic E-state index is -0.192. The Kier molecular flexibility index (Phi) is 6.65. The summed E-state index contributed by atoms with van der Waals surface area (Å²) in [4.78, 5) is 14.5. The van der Waals surface area contributed by atoms with Crippen molar-refractivity contribution in [2.24, 2.45) is 0 Å². The van der Waals surface area contributed by atoms with Crippen LogP contribution in [0.15, 0.2) is 24.3 Å². The van der Waals surface area contributed by atoms with Gasteiger partial charge in [-0.2, -0.15) is 0 Å². The van der Waals surface area contributed by atoms with Crippen molar-refractivity contribution in [1.82, 2.24) is 10.2 Å². The van der Waals surface area contributed by atoms with Crippen LogP contribution in [-0.4, -0.2) is 35.6 Å². The molecule has 1 aliphatic heterocycles. The second-order valence-corrected chi connectivity index (χ2v) is 5.89. The fourth-order valence-corrected chi connectivity index (χ4v) is 2.72. The smallest absolute Gasteiger partial charge is 0.261 e. The van der Waals surface area contributed by atoms with Gasteiger partial charge in [0.05, 0.1) is 12.2 Å². The monoisotopic (exact) mass is 320 g/mol. The quantitative estimate of drug-likeness (QED) is 0.667. The zero-order valence-corrected chi connectivity index (χ0v) is 14.0. The van der Waals surface area contributed by atoms with E-state index in [1.54, 1.807) is 6.07 Å². The van der Waals surface area contributed by atoms with E-state index in [9.17, 15) is 4.79 Å². The Balaban J connectivity index is 1.97. The molecule has 0 atom stereocenters. The normalized spacial score (nSPS) is 14.5. The minimum absolute atomic E-state index is 0.192. The van der Waals surface area contributed by atoms with Crippen LogP contribution in [0.2, 0.25) is 0 Å². The van der Waals surface area contributed by atoms with Crippen molar-refractivity contribution in [3.63, 3.8) is 0 Å². The zero-order chi connectivity index (χ0) is 15.8. The third-order valence-electron chi connectivity index (χ3n) is 3.75. The Hall–Kier alpha value is -1.62. The van der Waals surface area contributed by atoms with Crippen LogP contribution in [0.5, 0.6) is 5.75 Å². The summed E-state index contributed by atoms with van der Waals surface area (Å²) in [6, 6.07) is 7.32. The summed E-state index contributed by atoms with van der Waals surface area (Å²) in [5, 5.41) is 3.36. The molecule has 120 valence electrons. The van der Waals surface area contributed by atoms with Crippen LogP contribution in [0.25, 0.3) is 0 Å². The molecular formula is C17H24N2O2S. The van der Waals surface area contributed by atoms with E-state index >= 15 is 0 Å². The lowest BCUT2D eigenvalue weighted by Gasteiger charge is -2.29. The molecule has 1 heterocycles. The molecule has 1 fully saturated rings. The van der Waals surface area contributed by atoms with Crippen LogP contribution < -0.4 is 10.1 Å². The molecule has 0 unspecified atom stereocenters. The van der Waals surface area contributed by atoms with E-state index in [1.807, 2.05) is 18.2 Å². The third kappa shape index (κ3) is 4.70. The van der Waals surface area contributed by atoms with Gasteiger partial charge in [0, 0.05) is 13.1 Å². The number of amides is 1. The number of carbonyl (C=O) groups excluding carboxylic acids is 1. The maximum atomic E-state index is 12.4. The van der Waals surface area contributed by atoms with Crippen molar-refractivity contribution in [3.05, 3.63) is 29.8 Å². The third-order valence-corrected chi connectivity index (χ3v) is 4.11. The molecule has 1 amide bonds. The highest BCUT2D eigenvalue weighted by atomic mass is 32.1. The lowest BCUT2D eigenvalue weighted by atomic mass is 10.1. The van der Waals surface area contributed by atoms with Crippen molar-refractivity contribution >= 4 is 23.2 Å². The van der Waals surface area contributed by atoms with Gasteiger partial charge in [0.1, 0.15) is 5.75 Å². The van der Waals surface area contributed by atoms with Gasteiger partial charge in [0.2, 0.25) is 0 Å². The van der Waals surface area contributed by atoms with Crippen LogP contribution in [-0.2, 0) is 0 Å². The highest BCUT2D eigenvalue weighted by Gasteiger charge is 2.18. The number of carbonyl (C=O) groups is 1. The Labute approximate surface area is 137 Å². The standard InChI is InChI=1S/C17H24N2O2S/c1-2-3-13-21-15-10-6-5-9-14(15)16(20)18-17(22)19-11-7-4-8-12-19/h5-6,9-10H,2-4,7-8,11-13H2,1H3,(H,18,20,22). The highest BCUT2D eigenvalue weighted by molar-refractivity contribution is 7.80. The average molecular weight is 320 g/mol. The van der Waals surface area contributed by atoms with Crippen LogP contribution in [0.4, 0.5) is 0 Å². The first-order chi connectivity index (χ1) is 10.7. The Morgan fingerprint density at radius 2 is 2.00 bits per heavy atom. The Morgan fingerprint density at radius 3 is 2.73 bits per heavy atom. The molecular weight excluding hydrogens is 296 g/mol. The SMILES string of the molecule is CCCCOc1ccccc1C(=O)NC(=S)N1CCCCC1. The molecule has 0 aliphatic carbocycles. The number of nitrogens with one attached hydrogen (secondary N) is 1. The minimum Gasteiger partial charge on any atom is -0.493 e. The van der Waals surface area contributed by atoms with Crippen LogP contribution in [0, 0.1) is 0 Å². The summed E-state index contributed by atoms with van der Waals surface area (Å²) in [5.74, 6) is 0.428. The molecule has 1 N–H and O–H groups in total. The van der Waals surface area contributed by atoms with Gasteiger partial charge in [-0.1, -0.05) is 25.5 Å². The maximum Gasteiger partial charge on any atom is 0.261 e.